The van der Waals surface area contributed by atoms with Crippen LogP contribution in [0, 0.1) is 27.2 Å². The Hall–Kier alpha value is -1.99. The lowest BCUT2D eigenvalue weighted by atomic mass is 9.77. The summed E-state index contributed by atoms with van der Waals surface area (Å²) < 4.78 is 26.1. The van der Waals surface area contributed by atoms with Crippen LogP contribution in [0.4, 0.5) is 0 Å². The molecule has 3 unspecified atom stereocenters. The number of epoxide rings is 1. The average Bonchev–Trinajstić information content (AvgIpc) is 4.04. The van der Waals surface area contributed by atoms with Crippen LogP contribution in [0.25, 0.3) is 0 Å². The van der Waals surface area contributed by atoms with Crippen LogP contribution >= 0.6 is 144 Å². The molecule has 13 rings (SSSR count). The van der Waals surface area contributed by atoms with Gasteiger partial charge in [0.2, 0.25) is 0 Å². The number of benzene rings is 5. The highest BCUT2D eigenvalue weighted by Gasteiger charge is 2.58. The molecule has 0 spiro atoms. The molecule has 4 heterocycles. The van der Waals surface area contributed by atoms with Gasteiger partial charge in [0.15, 0.2) is 5.78 Å². The van der Waals surface area contributed by atoms with Gasteiger partial charge in [0.05, 0.1) is 40.9 Å². The van der Waals surface area contributed by atoms with E-state index in [1.807, 2.05) is 100 Å². The smallest absolute Gasteiger partial charge is 0.399 e. The van der Waals surface area contributed by atoms with E-state index in [4.69, 9.17) is 72.1 Å². The highest BCUT2D eigenvalue weighted by molar-refractivity contribution is 14.1. The standard InChI is InChI=1S/C19H25BClN3O3.C13H13BrClN3O.C11H10BrClO.C10H8BrClO.C6H3BrClI/c1-17(2)18(3,4)27-20(26-17)14-7-8-15(16(21)9-14)19(25,13-5-6-13)10-24-12-22-11-23-24;14-10-3-4-11(12(15)5-10)13(19,9-1-2-9)6-18-8-16-7-17-18;12-8-3-4-9(10(13)5-8)11(6-14-11)7-1-2-7;11-7-3-4-8(9(12)5-7)10(13)6-1-2-6;7-4-1-2-6(9)5(8)3-4/h7-9,11-13,25H,5-6,10H2,1-4H3;3-5,7-9,19H,1-2,6H2;3-5,7H,1-2,6H2;3-6H,1-2H2;1-3H. The Morgan fingerprint density at radius 3 is 1.48 bits per heavy atom. The number of aromatic nitrogens is 6. The molecule has 2 aliphatic heterocycles. The van der Waals surface area contributed by atoms with Gasteiger partial charge < -0.3 is 24.3 Å². The fraction of sp³-hybridized carbons (Fsp3) is 0.407. The van der Waals surface area contributed by atoms with E-state index in [2.05, 4.69) is 113 Å². The van der Waals surface area contributed by atoms with Crippen molar-refractivity contribution in [2.75, 3.05) is 6.61 Å². The fourth-order valence-electron chi connectivity index (χ4n) is 9.76. The number of hydrogen-bond acceptors (Lipinski definition) is 10. The molecule has 2 aromatic heterocycles. The van der Waals surface area contributed by atoms with Crippen LogP contribution in [0.5, 0.6) is 0 Å². The van der Waals surface area contributed by atoms with Crippen LogP contribution < -0.4 is 5.46 Å². The van der Waals surface area contributed by atoms with Gasteiger partial charge in [0.25, 0.3) is 0 Å². The molecule has 0 bridgehead atoms. The normalized spacial score (nSPS) is 20.7. The molecule has 6 aliphatic rings. The van der Waals surface area contributed by atoms with Crippen molar-refractivity contribution in [3.8, 4) is 0 Å². The van der Waals surface area contributed by atoms with Gasteiger partial charge in [0, 0.05) is 64.7 Å². The van der Waals surface area contributed by atoms with Gasteiger partial charge >= 0.3 is 7.12 Å². The molecule has 2 N–H and O–H groups in total. The Morgan fingerprint density at radius 2 is 1.07 bits per heavy atom. The van der Waals surface area contributed by atoms with Gasteiger partial charge in [0.1, 0.15) is 42.1 Å². The molecule has 5 aromatic carbocycles. The Bertz CT molecular complexity index is 3370. The minimum atomic E-state index is -1.07. The van der Waals surface area contributed by atoms with Crippen LogP contribution in [0.1, 0.15) is 106 Å². The molecule has 2 saturated heterocycles. The number of hydrogen-bond donors (Lipinski definition) is 2. The highest BCUT2D eigenvalue weighted by Crippen LogP contribution is 2.58. The summed E-state index contributed by atoms with van der Waals surface area (Å²) in [7, 11) is -0.481. The van der Waals surface area contributed by atoms with Crippen molar-refractivity contribution < 1.29 is 29.1 Å². The minimum Gasteiger partial charge on any atom is -0.399 e. The molecule has 0 amide bonds. The molecular weight excluding hydrogens is 1520 g/mol. The molecule has 4 aliphatic carbocycles. The second-order valence-corrected chi connectivity index (χ2v) is 29.3. The maximum Gasteiger partial charge on any atom is 0.494 e. The van der Waals surface area contributed by atoms with Crippen molar-refractivity contribution in [2.24, 2.45) is 23.7 Å². The van der Waals surface area contributed by atoms with E-state index in [1.165, 1.54) is 31.1 Å². The van der Waals surface area contributed by atoms with E-state index in [0.717, 1.165) is 87.7 Å². The lowest BCUT2D eigenvalue weighted by Crippen LogP contribution is -2.41. The zero-order valence-corrected chi connectivity index (χ0v) is 57.4. The quantitative estimate of drug-likeness (QED) is 0.0375. The monoisotopic (exact) mass is 1580 g/mol. The Morgan fingerprint density at radius 1 is 0.622 bits per heavy atom. The number of ketones is 1. The van der Waals surface area contributed by atoms with Crippen LogP contribution in [-0.4, -0.2) is 70.5 Å². The molecule has 0 radical (unpaired) electrons. The largest absolute Gasteiger partial charge is 0.494 e. The topological polar surface area (TPSA) is 150 Å². The molecule has 23 heteroatoms. The first-order chi connectivity index (χ1) is 38.8. The summed E-state index contributed by atoms with van der Waals surface area (Å²) >= 11 is 46.5. The number of Topliss-reactive ketones (excluding diaryl/α,β-unsaturated/α-hetero) is 1. The van der Waals surface area contributed by atoms with Crippen molar-refractivity contribution in [3.63, 3.8) is 0 Å². The summed E-state index contributed by atoms with van der Waals surface area (Å²) in [6.07, 6.45) is 14.7. The predicted molar refractivity (Wildman–Crippen MR) is 347 cm³/mol. The first-order valence-electron chi connectivity index (χ1n) is 26.7. The second-order valence-electron chi connectivity index (χ2n) is 22.4. The van der Waals surface area contributed by atoms with Gasteiger partial charge in [-0.3, -0.25) is 4.79 Å². The zero-order valence-electron chi connectivity index (χ0n) is 45.1. The van der Waals surface area contributed by atoms with Crippen LogP contribution in [-0.2, 0) is 43.9 Å². The van der Waals surface area contributed by atoms with Crippen LogP contribution in [0.2, 0.25) is 25.1 Å². The molecule has 7 aromatic rings. The maximum absolute atomic E-state index is 11.6. The Balaban J connectivity index is 0.000000130. The van der Waals surface area contributed by atoms with Crippen molar-refractivity contribution in [3.05, 3.63) is 185 Å². The third-order valence-corrected chi connectivity index (χ3v) is 20.5. The summed E-state index contributed by atoms with van der Waals surface area (Å²) in [5.41, 5.74) is 1.26. The highest BCUT2D eigenvalue weighted by atomic mass is 127. The lowest BCUT2D eigenvalue weighted by Gasteiger charge is -2.32. The fourth-order valence-corrected chi connectivity index (χ4v) is 13.6. The predicted octanol–water partition coefficient (Wildman–Crippen LogP) is 16.7. The lowest BCUT2D eigenvalue weighted by molar-refractivity contribution is -0.00796. The Labute approximate surface area is 551 Å². The van der Waals surface area contributed by atoms with E-state index >= 15 is 0 Å². The van der Waals surface area contributed by atoms with Crippen molar-refractivity contribution >= 4 is 163 Å². The summed E-state index contributed by atoms with van der Waals surface area (Å²) in [5.74, 6) is 1.54. The molecule has 82 heavy (non-hydrogen) atoms. The molecular formula is C59H59BBr4Cl5IN6O6. The number of rotatable bonds is 13. The van der Waals surface area contributed by atoms with Gasteiger partial charge in [-0.1, -0.05) is 146 Å². The summed E-state index contributed by atoms with van der Waals surface area (Å²) in [6.45, 7) is 9.63. The maximum atomic E-state index is 11.6. The first-order valence-corrected chi connectivity index (χ1v) is 32.9. The molecule has 434 valence electrons. The van der Waals surface area contributed by atoms with E-state index in [0.29, 0.717) is 45.2 Å². The van der Waals surface area contributed by atoms with Crippen molar-refractivity contribution in [1.29, 1.82) is 0 Å². The van der Waals surface area contributed by atoms with Gasteiger partial charge in [-0.05, 0) is 192 Å². The number of carbonyl (C=O) groups is 1. The minimum absolute atomic E-state index is 0.0161. The van der Waals surface area contributed by atoms with E-state index in [-0.39, 0.29) is 29.1 Å². The third kappa shape index (κ3) is 15.8. The number of aliphatic hydroxyl groups is 2. The van der Waals surface area contributed by atoms with Crippen LogP contribution in [0.3, 0.4) is 0 Å². The van der Waals surface area contributed by atoms with Crippen LogP contribution in [0.15, 0.2) is 134 Å². The van der Waals surface area contributed by atoms with Gasteiger partial charge in [-0.2, -0.15) is 10.2 Å². The third-order valence-electron chi connectivity index (χ3n) is 15.7. The summed E-state index contributed by atoms with van der Waals surface area (Å²) in [6, 6.07) is 28.5. The Kier molecular flexibility index (Phi) is 21.1. The first kappa shape index (κ1) is 64.5. The second kappa shape index (κ2) is 26.8. The summed E-state index contributed by atoms with van der Waals surface area (Å²) in [5, 5.41) is 34.0. The van der Waals surface area contributed by atoms with E-state index in [9.17, 15) is 15.0 Å². The number of ether oxygens (including phenoxy) is 1. The zero-order chi connectivity index (χ0) is 58.9. The number of nitrogens with zero attached hydrogens (tertiary/aromatic N) is 6. The van der Waals surface area contributed by atoms with E-state index in [1.54, 1.807) is 34.2 Å². The molecule has 3 atom stereocenters. The molecule has 6 fully saturated rings. The molecule has 12 nitrogen and oxygen atoms in total. The van der Waals surface area contributed by atoms with E-state index < -0.39 is 29.5 Å². The van der Waals surface area contributed by atoms with Gasteiger partial charge in [-0.15, -0.1) is 0 Å². The summed E-state index contributed by atoms with van der Waals surface area (Å²) in [4.78, 5) is 19.5. The SMILES string of the molecule is CC1(C)OB(c2ccc(C(O)(Cn3cncn3)C3CC3)c(Cl)c2)OC1(C)C.Clc1cc(Br)ccc1C1(C2CC2)CO1.Clc1cc(Br)ccc1I.O=C(c1ccc(Br)cc1Cl)C1CC1.OC(Cn1cncn1)(c1ccc(Br)cc1Cl)C1CC1. The van der Waals surface area contributed by atoms with Crippen molar-refractivity contribution in [1.82, 2.24) is 29.5 Å². The number of halogens is 10. The van der Waals surface area contributed by atoms with Gasteiger partial charge in [-0.25, -0.2) is 19.3 Å². The molecule has 4 saturated carbocycles. The number of carbonyl (C=O) groups excluding carboxylic acids is 1. The average molecular weight is 1580 g/mol. The van der Waals surface area contributed by atoms with Crippen molar-refractivity contribution in [2.45, 2.75) is 120 Å².